The minimum Gasteiger partial charge on any atom is -0.285 e. The summed E-state index contributed by atoms with van der Waals surface area (Å²) in [6.07, 6.45) is -0.319. The van der Waals surface area contributed by atoms with Crippen LogP contribution in [0.5, 0.6) is 0 Å². The zero-order chi connectivity index (χ0) is 9.78. The molecule has 1 aliphatic rings. The van der Waals surface area contributed by atoms with E-state index < -0.39 is 12.0 Å². The average molecular weight is 176 g/mol. The van der Waals surface area contributed by atoms with Crippen molar-refractivity contribution < 1.29 is 8.78 Å². The summed E-state index contributed by atoms with van der Waals surface area (Å²) in [4.78, 5) is 1.38. The van der Waals surface area contributed by atoms with Crippen molar-refractivity contribution in [1.29, 1.82) is 5.26 Å². The van der Waals surface area contributed by atoms with Gasteiger partial charge in [-0.15, -0.1) is 0 Å². The van der Waals surface area contributed by atoms with Gasteiger partial charge in [0.2, 0.25) is 0 Å². The smallest absolute Gasteiger partial charge is 0.263 e. The number of nitriles is 1. The van der Waals surface area contributed by atoms with Gasteiger partial charge in [-0.05, 0) is 7.05 Å². The van der Waals surface area contributed by atoms with Gasteiger partial charge in [0.15, 0.2) is 0 Å². The third-order valence-corrected chi connectivity index (χ3v) is 1.65. The highest BCUT2D eigenvalue weighted by molar-refractivity contribution is 5.00. The van der Waals surface area contributed by atoms with Gasteiger partial charge >= 0.3 is 0 Å². The van der Waals surface area contributed by atoms with E-state index in [1.54, 1.807) is 0 Å². The van der Waals surface area contributed by atoms with Crippen LogP contribution >= 0.6 is 0 Å². The Balaban J connectivity index is 0.000000561. The molecular formula is C8H14F2N2. The van der Waals surface area contributed by atoms with Crippen molar-refractivity contribution in [1.82, 2.24) is 4.90 Å². The van der Waals surface area contributed by atoms with Crippen LogP contribution in [-0.4, -0.2) is 30.5 Å². The van der Waals surface area contributed by atoms with Gasteiger partial charge in [0.05, 0.1) is 12.6 Å². The third kappa shape index (κ3) is 2.74. The standard InChI is InChI=1S/C6H8F2N2.C2H6/c1-10-4-6(7,8)2-5(10)3-9;1-2/h5H,2,4H2,1H3;1-2H3/t5-;/m0./s1. The van der Waals surface area contributed by atoms with Gasteiger partial charge in [0, 0.05) is 6.42 Å². The quantitative estimate of drug-likeness (QED) is 0.563. The van der Waals surface area contributed by atoms with Crippen LogP contribution in [-0.2, 0) is 0 Å². The molecule has 0 radical (unpaired) electrons. The zero-order valence-corrected chi connectivity index (χ0v) is 7.64. The Hall–Kier alpha value is -0.690. The SMILES string of the molecule is CC.CN1CC(F)(F)C[C@H]1C#N. The lowest BCUT2D eigenvalue weighted by Crippen LogP contribution is -2.24. The molecule has 0 aliphatic carbocycles. The summed E-state index contributed by atoms with van der Waals surface area (Å²) in [6.45, 7) is 3.71. The molecule has 70 valence electrons. The fourth-order valence-corrected chi connectivity index (χ4v) is 1.12. The summed E-state index contributed by atoms with van der Waals surface area (Å²) < 4.78 is 24.9. The second-order valence-electron chi connectivity index (χ2n) is 2.62. The van der Waals surface area contributed by atoms with E-state index in [1.807, 2.05) is 19.9 Å². The van der Waals surface area contributed by atoms with Crippen molar-refractivity contribution in [3.05, 3.63) is 0 Å². The van der Waals surface area contributed by atoms with Gasteiger partial charge < -0.3 is 0 Å². The van der Waals surface area contributed by atoms with Crippen LogP contribution in [0.15, 0.2) is 0 Å². The highest BCUT2D eigenvalue weighted by atomic mass is 19.3. The molecule has 0 aromatic rings. The molecule has 0 spiro atoms. The van der Waals surface area contributed by atoms with Crippen LogP contribution < -0.4 is 0 Å². The maximum atomic E-state index is 12.4. The van der Waals surface area contributed by atoms with Gasteiger partial charge in [0.1, 0.15) is 6.04 Å². The Labute approximate surface area is 71.8 Å². The molecule has 0 saturated carbocycles. The summed E-state index contributed by atoms with van der Waals surface area (Å²) in [5, 5.41) is 8.34. The number of rotatable bonds is 0. The number of likely N-dealkylation sites (tertiary alicyclic amines) is 1. The lowest BCUT2D eigenvalue weighted by molar-refractivity contribution is 0.0143. The molecule has 1 saturated heterocycles. The molecule has 1 atom stereocenters. The lowest BCUT2D eigenvalue weighted by atomic mass is 10.2. The van der Waals surface area contributed by atoms with Crippen molar-refractivity contribution >= 4 is 0 Å². The van der Waals surface area contributed by atoms with Crippen molar-refractivity contribution in [3.8, 4) is 6.07 Å². The molecule has 2 nitrogen and oxygen atoms in total. The molecule has 1 rings (SSSR count). The highest BCUT2D eigenvalue weighted by Gasteiger charge is 2.43. The largest absolute Gasteiger partial charge is 0.285 e. The van der Waals surface area contributed by atoms with Crippen LogP contribution in [0.25, 0.3) is 0 Å². The van der Waals surface area contributed by atoms with Crippen molar-refractivity contribution in [2.45, 2.75) is 32.2 Å². The predicted octanol–water partition coefficient (Wildman–Crippen LogP) is 1.88. The van der Waals surface area contributed by atoms with E-state index in [0.717, 1.165) is 0 Å². The minimum absolute atomic E-state index is 0.286. The molecule has 1 aliphatic heterocycles. The van der Waals surface area contributed by atoms with E-state index >= 15 is 0 Å². The molecule has 1 fully saturated rings. The number of alkyl halides is 2. The van der Waals surface area contributed by atoms with E-state index in [-0.39, 0.29) is 13.0 Å². The summed E-state index contributed by atoms with van der Waals surface area (Å²) >= 11 is 0. The maximum absolute atomic E-state index is 12.4. The molecule has 12 heavy (non-hydrogen) atoms. The van der Waals surface area contributed by atoms with Crippen molar-refractivity contribution in [2.75, 3.05) is 13.6 Å². The van der Waals surface area contributed by atoms with Crippen molar-refractivity contribution in [3.63, 3.8) is 0 Å². The van der Waals surface area contributed by atoms with E-state index in [1.165, 1.54) is 11.9 Å². The molecule has 0 amide bonds. The molecular weight excluding hydrogens is 162 g/mol. The first kappa shape index (κ1) is 11.3. The normalized spacial score (nSPS) is 27.2. The van der Waals surface area contributed by atoms with Crippen molar-refractivity contribution in [2.24, 2.45) is 0 Å². The van der Waals surface area contributed by atoms with Gasteiger partial charge in [-0.3, -0.25) is 4.90 Å². The van der Waals surface area contributed by atoms with E-state index in [4.69, 9.17) is 5.26 Å². The molecule has 0 bridgehead atoms. The van der Waals surface area contributed by atoms with Crippen LogP contribution in [0, 0.1) is 11.3 Å². The Bertz CT molecular complexity index is 174. The Morgan fingerprint density at radius 3 is 2.17 bits per heavy atom. The van der Waals surface area contributed by atoms with E-state index in [2.05, 4.69) is 0 Å². The Morgan fingerprint density at radius 2 is 2.00 bits per heavy atom. The second kappa shape index (κ2) is 4.36. The number of hydrogen-bond acceptors (Lipinski definition) is 2. The Kier molecular flexibility index (Phi) is 4.11. The van der Waals surface area contributed by atoms with Gasteiger partial charge in [-0.2, -0.15) is 5.26 Å². The fraction of sp³-hybridized carbons (Fsp3) is 0.875. The summed E-state index contributed by atoms with van der Waals surface area (Å²) in [7, 11) is 1.54. The number of halogens is 2. The van der Waals surface area contributed by atoms with Gasteiger partial charge in [0.25, 0.3) is 5.92 Å². The number of nitrogens with zero attached hydrogens (tertiary/aromatic N) is 2. The third-order valence-electron chi connectivity index (χ3n) is 1.65. The van der Waals surface area contributed by atoms with E-state index in [0.29, 0.717) is 0 Å². The monoisotopic (exact) mass is 176 g/mol. The summed E-state index contributed by atoms with van der Waals surface area (Å²) in [6, 6.07) is 1.21. The number of hydrogen-bond donors (Lipinski definition) is 0. The van der Waals surface area contributed by atoms with Crippen LogP contribution in [0.2, 0.25) is 0 Å². The molecule has 0 aromatic carbocycles. The lowest BCUT2D eigenvalue weighted by Gasteiger charge is -2.09. The molecule has 1 heterocycles. The zero-order valence-electron chi connectivity index (χ0n) is 7.64. The molecule has 0 unspecified atom stereocenters. The Morgan fingerprint density at radius 1 is 1.50 bits per heavy atom. The van der Waals surface area contributed by atoms with E-state index in [9.17, 15) is 8.78 Å². The summed E-state index contributed by atoms with van der Waals surface area (Å²) in [5.41, 5.74) is 0. The van der Waals surface area contributed by atoms with Crippen LogP contribution in [0.3, 0.4) is 0 Å². The topological polar surface area (TPSA) is 27.0 Å². The van der Waals surface area contributed by atoms with Crippen LogP contribution in [0.1, 0.15) is 20.3 Å². The molecule has 0 aromatic heterocycles. The minimum atomic E-state index is -2.66. The molecule has 0 N–H and O–H groups in total. The fourth-order valence-electron chi connectivity index (χ4n) is 1.12. The summed E-state index contributed by atoms with van der Waals surface area (Å²) in [5.74, 6) is -2.66. The average Bonchev–Trinajstić information content (AvgIpc) is 2.28. The highest BCUT2D eigenvalue weighted by Crippen LogP contribution is 2.29. The first-order chi connectivity index (χ1) is 5.55. The molecule has 4 heteroatoms. The predicted molar refractivity (Wildman–Crippen MR) is 42.9 cm³/mol. The van der Waals surface area contributed by atoms with Gasteiger partial charge in [-0.1, -0.05) is 13.8 Å². The first-order valence-electron chi connectivity index (χ1n) is 4.03. The first-order valence-corrected chi connectivity index (χ1v) is 4.03. The second-order valence-corrected chi connectivity index (χ2v) is 2.62. The van der Waals surface area contributed by atoms with Gasteiger partial charge in [-0.25, -0.2) is 8.78 Å². The van der Waals surface area contributed by atoms with Crippen LogP contribution in [0.4, 0.5) is 8.78 Å². The maximum Gasteiger partial charge on any atom is 0.263 e.